The third-order valence-corrected chi connectivity index (χ3v) is 5.03. The molecule has 2 aromatic rings. The van der Waals surface area contributed by atoms with Crippen molar-refractivity contribution >= 4 is 55.0 Å². The molecule has 2 aromatic carbocycles. The highest BCUT2D eigenvalue weighted by Crippen LogP contribution is 2.23. The van der Waals surface area contributed by atoms with Crippen molar-refractivity contribution in [1.29, 1.82) is 5.26 Å². The molecule has 0 spiro atoms. The summed E-state index contributed by atoms with van der Waals surface area (Å²) in [5.41, 5.74) is 1.43. The van der Waals surface area contributed by atoms with Gasteiger partial charge in [-0.25, -0.2) is 0 Å². The van der Waals surface area contributed by atoms with Gasteiger partial charge in [0.25, 0.3) is 11.8 Å². The van der Waals surface area contributed by atoms with Gasteiger partial charge in [0, 0.05) is 11.4 Å². The van der Waals surface area contributed by atoms with E-state index in [1.54, 1.807) is 24.3 Å². The average molecular weight is 465 g/mol. The molecule has 0 atom stereocenters. The van der Waals surface area contributed by atoms with E-state index in [1.807, 2.05) is 6.07 Å². The highest BCUT2D eigenvalue weighted by molar-refractivity contribution is 9.14. The molecule has 3 N–H and O–H groups in total. The molecule has 25 heavy (non-hydrogen) atoms. The molecule has 0 aliphatic heterocycles. The molecule has 0 saturated carbocycles. The van der Waals surface area contributed by atoms with E-state index in [4.69, 9.17) is 5.26 Å². The number of nitriles is 1. The predicted molar refractivity (Wildman–Crippen MR) is 101 cm³/mol. The van der Waals surface area contributed by atoms with Crippen molar-refractivity contribution in [2.45, 2.75) is 0 Å². The fourth-order valence-electron chi connectivity index (χ4n) is 1.74. The first-order chi connectivity index (χ1) is 11.9. The van der Waals surface area contributed by atoms with Gasteiger partial charge in [0.05, 0.1) is 11.6 Å². The SMILES string of the molecule is N#Cc1ccc(NC(=O)C(Br)=C(Br)C(=O)Nc2ccc(O)cc2)cc1. The number of carbonyl (C=O) groups excluding carboxylic acids is 2. The number of anilines is 2. The van der Waals surface area contributed by atoms with E-state index in [2.05, 4.69) is 42.5 Å². The number of aromatic hydroxyl groups is 1. The maximum atomic E-state index is 12.2. The van der Waals surface area contributed by atoms with E-state index in [9.17, 15) is 14.7 Å². The number of nitrogens with zero attached hydrogens (tertiary/aromatic N) is 1. The van der Waals surface area contributed by atoms with Crippen molar-refractivity contribution in [3.8, 4) is 11.8 Å². The summed E-state index contributed by atoms with van der Waals surface area (Å²) in [4.78, 5) is 24.3. The maximum absolute atomic E-state index is 12.2. The van der Waals surface area contributed by atoms with Crippen molar-refractivity contribution in [3.05, 3.63) is 63.1 Å². The Morgan fingerprint density at radius 3 is 1.64 bits per heavy atom. The van der Waals surface area contributed by atoms with Crippen molar-refractivity contribution < 1.29 is 14.7 Å². The van der Waals surface area contributed by atoms with Gasteiger partial charge < -0.3 is 15.7 Å². The highest BCUT2D eigenvalue weighted by atomic mass is 79.9. The first-order valence-electron chi connectivity index (χ1n) is 6.88. The smallest absolute Gasteiger partial charge is 0.264 e. The summed E-state index contributed by atoms with van der Waals surface area (Å²) in [6, 6.07) is 14.2. The summed E-state index contributed by atoms with van der Waals surface area (Å²) >= 11 is 6.17. The Bertz CT molecular complexity index is 870. The van der Waals surface area contributed by atoms with E-state index in [1.165, 1.54) is 24.3 Å². The second kappa shape index (κ2) is 8.46. The first-order valence-corrected chi connectivity index (χ1v) is 8.46. The van der Waals surface area contributed by atoms with Crippen LogP contribution in [-0.2, 0) is 9.59 Å². The van der Waals surface area contributed by atoms with E-state index in [-0.39, 0.29) is 14.7 Å². The minimum Gasteiger partial charge on any atom is -0.508 e. The summed E-state index contributed by atoms with van der Waals surface area (Å²) in [5.74, 6) is -0.986. The number of hydrogen-bond donors (Lipinski definition) is 3. The minimum absolute atomic E-state index is 0.00622. The van der Waals surface area contributed by atoms with Crippen LogP contribution in [0, 0.1) is 11.3 Å². The lowest BCUT2D eigenvalue weighted by molar-refractivity contribution is -0.114. The zero-order chi connectivity index (χ0) is 18.4. The van der Waals surface area contributed by atoms with Crippen LogP contribution in [0.3, 0.4) is 0 Å². The summed E-state index contributed by atoms with van der Waals surface area (Å²) in [6.07, 6.45) is 0. The Morgan fingerprint density at radius 2 is 1.24 bits per heavy atom. The van der Waals surface area contributed by atoms with Crippen LogP contribution in [0.2, 0.25) is 0 Å². The fourth-order valence-corrected chi connectivity index (χ4v) is 2.30. The van der Waals surface area contributed by atoms with Gasteiger partial charge in [0.15, 0.2) is 0 Å². The maximum Gasteiger partial charge on any atom is 0.264 e. The summed E-state index contributed by atoms with van der Waals surface area (Å²) in [7, 11) is 0. The summed E-state index contributed by atoms with van der Waals surface area (Å²) < 4.78 is 0.0138. The van der Waals surface area contributed by atoms with Crippen LogP contribution < -0.4 is 10.6 Å². The van der Waals surface area contributed by atoms with Gasteiger partial charge in [-0.1, -0.05) is 0 Å². The standard InChI is InChI=1S/C17H11Br2N3O3/c18-14(16(24)21-11-3-1-10(9-20)2-4-11)15(19)17(25)22-12-5-7-13(23)8-6-12/h1-8,23H,(H,21,24)(H,22,25). The number of benzene rings is 2. The van der Waals surface area contributed by atoms with Gasteiger partial charge in [-0.15, -0.1) is 0 Å². The molecule has 0 saturated heterocycles. The van der Waals surface area contributed by atoms with Crippen LogP contribution in [0.4, 0.5) is 11.4 Å². The molecule has 6 nitrogen and oxygen atoms in total. The number of amides is 2. The Hall–Kier alpha value is -2.63. The van der Waals surface area contributed by atoms with Gasteiger partial charge >= 0.3 is 0 Å². The van der Waals surface area contributed by atoms with E-state index in [0.29, 0.717) is 16.9 Å². The number of carbonyl (C=O) groups is 2. The third kappa shape index (κ3) is 5.17. The van der Waals surface area contributed by atoms with Gasteiger partial charge in [-0.05, 0) is 80.4 Å². The molecule has 0 aromatic heterocycles. The molecule has 126 valence electrons. The topological polar surface area (TPSA) is 102 Å². The molecule has 0 heterocycles. The Morgan fingerprint density at radius 1 is 0.840 bits per heavy atom. The highest BCUT2D eigenvalue weighted by Gasteiger charge is 2.17. The molecule has 0 fully saturated rings. The van der Waals surface area contributed by atoms with Crippen molar-refractivity contribution in [1.82, 2.24) is 0 Å². The first kappa shape index (κ1) is 18.7. The zero-order valence-electron chi connectivity index (χ0n) is 12.6. The normalized spacial score (nSPS) is 11.1. The second-order valence-corrected chi connectivity index (χ2v) is 6.36. The summed E-state index contributed by atoms with van der Waals surface area (Å²) in [5, 5.41) is 23.2. The Kier molecular flexibility index (Phi) is 6.33. The van der Waals surface area contributed by atoms with Crippen LogP contribution in [-0.4, -0.2) is 16.9 Å². The number of phenolic OH excluding ortho intramolecular Hbond substituents is 1. The quantitative estimate of drug-likeness (QED) is 0.472. The third-order valence-electron chi connectivity index (χ3n) is 2.99. The zero-order valence-corrected chi connectivity index (χ0v) is 15.8. The number of nitrogens with one attached hydrogen (secondary N) is 2. The van der Waals surface area contributed by atoms with Crippen molar-refractivity contribution in [2.75, 3.05) is 10.6 Å². The lowest BCUT2D eigenvalue weighted by Gasteiger charge is -2.08. The number of phenols is 1. The van der Waals surface area contributed by atoms with E-state index < -0.39 is 11.8 Å². The van der Waals surface area contributed by atoms with Crippen molar-refractivity contribution in [3.63, 3.8) is 0 Å². The van der Waals surface area contributed by atoms with Crippen LogP contribution in [0.25, 0.3) is 0 Å². The van der Waals surface area contributed by atoms with Crippen LogP contribution in [0.1, 0.15) is 5.56 Å². The summed E-state index contributed by atoms with van der Waals surface area (Å²) in [6.45, 7) is 0. The molecular formula is C17H11Br2N3O3. The molecule has 0 aliphatic rings. The van der Waals surface area contributed by atoms with Gasteiger partial charge in [0.1, 0.15) is 14.7 Å². The van der Waals surface area contributed by atoms with Gasteiger partial charge in [-0.3, -0.25) is 9.59 Å². The largest absolute Gasteiger partial charge is 0.508 e. The fraction of sp³-hybridized carbons (Fsp3) is 0. The average Bonchev–Trinajstić information content (AvgIpc) is 2.62. The van der Waals surface area contributed by atoms with E-state index in [0.717, 1.165) is 0 Å². The number of hydrogen-bond acceptors (Lipinski definition) is 4. The molecule has 0 aliphatic carbocycles. The molecule has 0 bridgehead atoms. The number of halogens is 2. The lowest BCUT2D eigenvalue weighted by Crippen LogP contribution is -2.17. The van der Waals surface area contributed by atoms with Gasteiger partial charge in [0.2, 0.25) is 0 Å². The number of rotatable bonds is 4. The molecule has 2 rings (SSSR count). The molecule has 0 unspecified atom stereocenters. The van der Waals surface area contributed by atoms with E-state index >= 15 is 0 Å². The monoisotopic (exact) mass is 463 g/mol. The predicted octanol–water partition coefficient (Wildman–Crippen LogP) is 3.84. The van der Waals surface area contributed by atoms with Crippen molar-refractivity contribution in [2.24, 2.45) is 0 Å². The minimum atomic E-state index is -0.535. The Labute approximate surface area is 160 Å². The molecular weight excluding hydrogens is 454 g/mol. The van der Waals surface area contributed by atoms with Crippen LogP contribution in [0.15, 0.2) is 57.5 Å². The molecule has 0 radical (unpaired) electrons. The van der Waals surface area contributed by atoms with Gasteiger partial charge in [-0.2, -0.15) is 5.26 Å². The molecule has 2 amide bonds. The molecule has 8 heteroatoms. The van der Waals surface area contributed by atoms with Crippen LogP contribution >= 0.6 is 31.9 Å². The second-order valence-electron chi connectivity index (χ2n) is 4.77. The lowest BCUT2D eigenvalue weighted by atomic mass is 10.2. The van der Waals surface area contributed by atoms with Crippen LogP contribution in [0.5, 0.6) is 5.75 Å². The Balaban J connectivity index is 2.07.